The summed E-state index contributed by atoms with van der Waals surface area (Å²) in [5.74, 6) is 0.793. The zero-order valence-electron chi connectivity index (χ0n) is 26.5. The van der Waals surface area contributed by atoms with Gasteiger partial charge in [0.15, 0.2) is 0 Å². The molecule has 4 nitrogen and oxygen atoms in total. The minimum Gasteiger partial charge on any atom is -0.507 e. The summed E-state index contributed by atoms with van der Waals surface area (Å²) >= 11 is 0. The second-order valence-corrected chi connectivity index (χ2v) is 15.1. The van der Waals surface area contributed by atoms with Crippen LogP contribution in [-0.4, -0.2) is 23.3 Å². The molecule has 4 N–H and O–H groups in total. The summed E-state index contributed by atoms with van der Waals surface area (Å²) in [6.07, 6.45) is 4.31. The molecule has 0 aliphatic rings. The van der Waals surface area contributed by atoms with E-state index in [0.717, 1.165) is 72.4 Å². The maximum Gasteiger partial charge on any atom is 0.123 e. The molecule has 2 rings (SSSR count). The number of phenols is 2. The van der Waals surface area contributed by atoms with Gasteiger partial charge in [0.25, 0.3) is 0 Å². The number of benzene rings is 2. The van der Waals surface area contributed by atoms with Crippen molar-refractivity contribution in [2.45, 2.75) is 130 Å². The Morgan fingerprint density at radius 3 is 1.08 bits per heavy atom. The van der Waals surface area contributed by atoms with Crippen LogP contribution in [0, 0.1) is 0 Å². The number of hydrogen-bond acceptors (Lipinski definition) is 4. The monoisotopic (exact) mass is 524 g/mol. The highest BCUT2D eigenvalue weighted by Gasteiger charge is 2.30. The van der Waals surface area contributed by atoms with Crippen LogP contribution in [0.3, 0.4) is 0 Å². The maximum absolute atomic E-state index is 11.4. The first kappa shape index (κ1) is 32.0. The molecule has 38 heavy (non-hydrogen) atoms. The van der Waals surface area contributed by atoms with Gasteiger partial charge in [-0.1, -0.05) is 95.9 Å². The van der Waals surface area contributed by atoms with Gasteiger partial charge >= 0.3 is 0 Å². The highest BCUT2D eigenvalue weighted by Crippen LogP contribution is 2.46. The van der Waals surface area contributed by atoms with Crippen molar-refractivity contribution < 1.29 is 10.2 Å². The van der Waals surface area contributed by atoms with Crippen LogP contribution in [0.15, 0.2) is 24.3 Å². The number of aromatic hydroxyl groups is 2. The molecule has 0 heterocycles. The second-order valence-electron chi connectivity index (χ2n) is 15.1. The van der Waals surface area contributed by atoms with Gasteiger partial charge in [0, 0.05) is 40.2 Å². The Hall–Kier alpha value is -2.20. The molecule has 0 aliphatic heterocycles. The molecule has 0 radical (unpaired) electrons. The molecule has 0 spiro atoms. The summed E-state index contributed by atoms with van der Waals surface area (Å²) in [5.41, 5.74) is 10.9. The molecule has 0 aliphatic carbocycles. The zero-order chi connectivity index (χ0) is 29.3. The quantitative estimate of drug-likeness (QED) is 0.301. The average molecular weight is 525 g/mol. The molecule has 0 fully saturated rings. The summed E-state index contributed by atoms with van der Waals surface area (Å²) in [6.45, 7) is 27.5. The summed E-state index contributed by atoms with van der Waals surface area (Å²) in [6, 6.07) is 8.69. The van der Waals surface area contributed by atoms with Crippen molar-refractivity contribution in [2.24, 2.45) is 5.73 Å². The number of anilines is 2. The van der Waals surface area contributed by atoms with E-state index in [-0.39, 0.29) is 21.7 Å². The van der Waals surface area contributed by atoms with Crippen molar-refractivity contribution in [3.8, 4) is 11.5 Å². The lowest BCUT2D eigenvalue weighted by Gasteiger charge is -2.34. The Bertz CT molecular complexity index is 938. The maximum atomic E-state index is 11.4. The number of phenolic OH excluding ortho intramolecular Hbond substituents is 2. The molecule has 0 bridgehead atoms. The standard InChI is InChI=1S/C34H56N2O2/c1-31(2,3)25-19-23(20-26(29(25)37)32(4,5)6)36(18-16-14-13-15-17-35)24-21-27(33(7,8)9)30(38)28(22-24)34(10,11)12/h19-22,37-38H,13-18,35H2,1-12H3. The third-order valence-electron chi connectivity index (χ3n) is 7.38. The lowest BCUT2D eigenvalue weighted by molar-refractivity contribution is 0.423. The van der Waals surface area contributed by atoms with Crippen LogP contribution in [-0.2, 0) is 21.7 Å². The fraction of sp³-hybridized carbons (Fsp3) is 0.647. The summed E-state index contributed by atoms with van der Waals surface area (Å²) < 4.78 is 0. The Balaban J connectivity index is 2.87. The van der Waals surface area contributed by atoms with Gasteiger partial charge in [-0.2, -0.15) is 0 Å². The minimum absolute atomic E-state index is 0.213. The second kappa shape index (κ2) is 11.5. The van der Waals surface area contributed by atoms with Gasteiger partial charge < -0.3 is 20.8 Å². The van der Waals surface area contributed by atoms with Gasteiger partial charge in [-0.15, -0.1) is 0 Å². The molecule has 0 saturated carbocycles. The van der Waals surface area contributed by atoms with E-state index in [0.29, 0.717) is 11.5 Å². The normalized spacial score (nSPS) is 13.2. The Morgan fingerprint density at radius 2 is 0.816 bits per heavy atom. The van der Waals surface area contributed by atoms with Gasteiger partial charge in [0.1, 0.15) is 11.5 Å². The van der Waals surface area contributed by atoms with E-state index in [2.05, 4.69) is 112 Å². The highest BCUT2D eigenvalue weighted by atomic mass is 16.3. The Kier molecular flexibility index (Phi) is 9.69. The SMILES string of the molecule is CC(C)(C)c1cc(N(CCCCCCN)c2cc(C(C)(C)C)c(O)c(C(C)(C)C)c2)cc(C(C)(C)C)c1O. The third kappa shape index (κ3) is 7.68. The topological polar surface area (TPSA) is 69.7 Å². The van der Waals surface area contributed by atoms with E-state index in [1.54, 1.807) is 0 Å². The van der Waals surface area contributed by atoms with Crippen molar-refractivity contribution in [2.75, 3.05) is 18.0 Å². The van der Waals surface area contributed by atoms with Crippen LogP contribution < -0.4 is 10.6 Å². The average Bonchev–Trinajstić information content (AvgIpc) is 2.74. The van der Waals surface area contributed by atoms with Crippen LogP contribution in [0.2, 0.25) is 0 Å². The molecule has 0 amide bonds. The predicted molar refractivity (Wildman–Crippen MR) is 166 cm³/mol. The minimum atomic E-state index is -0.213. The van der Waals surface area contributed by atoms with Crippen molar-refractivity contribution in [1.29, 1.82) is 0 Å². The number of nitrogens with two attached hydrogens (primary N) is 1. The van der Waals surface area contributed by atoms with Crippen LogP contribution in [0.1, 0.15) is 131 Å². The van der Waals surface area contributed by atoms with Crippen LogP contribution in [0.4, 0.5) is 11.4 Å². The molecule has 2 aromatic rings. The highest BCUT2D eigenvalue weighted by molar-refractivity contribution is 5.71. The number of nitrogens with zero attached hydrogens (tertiary/aromatic N) is 1. The number of rotatable bonds is 8. The smallest absolute Gasteiger partial charge is 0.123 e. The van der Waals surface area contributed by atoms with E-state index in [9.17, 15) is 10.2 Å². The van der Waals surface area contributed by atoms with Gasteiger partial charge in [-0.25, -0.2) is 0 Å². The number of hydrogen-bond donors (Lipinski definition) is 3. The summed E-state index contributed by atoms with van der Waals surface area (Å²) in [4.78, 5) is 2.40. The fourth-order valence-corrected chi connectivity index (χ4v) is 5.01. The molecular formula is C34H56N2O2. The third-order valence-corrected chi connectivity index (χ3v) is 7.38. The summed E-state index contributed by atoms with van der Waals surface area (Å²) in [7, 11) is 0. The van der Waals surface area contributed by atoms with Gasteiger partial charge in [0.2, 0.25) is 0 Å². The van der Waals surface area contributed by atoms with E-state index in [4.69, 9.17) is 5.73 Å². The molecular weight excluding hydrogens is 468 g/mol. The molecule has 2 aromatic carbocycles. The van der Waals surface area contributed by atoms with Crippen molar-refractivity contribution in [1.82, 2.24) is 0 Å². The van der Waals surface area contributed by atoms with E-state index in [1.807, 2.05) is 0 Å². The largest absolute Gasteiger partial charge is 0.507 e. The molecule has 0 unspecified atom stereocenters. The van der Waals surface area contributed by atoms with Crippen LogP contribution in [0.25, 0.3) is 0 Å². The Labute approximate surface area is 233 Å². The van der Waals surface area contributed by atoms with Crippen molar-refractivity contribution in [3.05, 3.63) is 46.5 Å². The van der Waals surface area contributed by atoms with E-state index < -0.39 is 0 Å². The molecule has 0 aromatic heterocycles. The molecule has 0 saturated heterocycles. The molecule has 214 valence electrons. The van der Waals surface area contributed by atoms with E-state index in [1.165, 1.54) is 0 Å². The molecule has 4 heteroatoms. The Morgan fingerprint density at radius 1 is 0.526 bits per heavy atom. The lowest BCUT2D eigenvalue weighted by atomic mass is 9.78. The first-order valence-corrected chi connectivity index (χ1v) is 14.4. The zero-order valence-corrected chi connectivity index (χ0v) is 26.5. The van der Waals surface area contributed by atoms with E-state index >= 15 is 0 Å². The van der Waals surface area contributed by atoms with Gasteiger partial charge in [-0.3, -0.25) is 0 Å². The number of unbranched alkanes of at least 4 members (excludes halogenated alkanes) is 3. The predicted octanol–water partition coefficient (Wildman–Crippen LogP) is 8.95. The van der Waals surface area contributed by atoms with Crippen molar-refractivity contribution in [3.63, 3.8) is 0 Å². The van der Waals surface area contributed by atoms with Crippen molar-refractivity contribution >= 4 is 11.4 Å². The first-order chi connectivity index (χ1) is 17.2. The van der Waals surface area contributed by atoms with Crippen LogP contribution in [0.5, 0.6) is 11.5 Å². The molecule has 0 atom stereocenters. The van der Waals surface area contributed by atoms with Crippen LogP contribution >= 0.6 is 0 Å². The van der Waals surface area contributed by atoms with Gasteiger partial charge in [0.05, 0.1) is 0 Å². The van der Waals surface area contributed by atoms with Gasteiger partial charge in [-0.05, 0) is 65.3 Å². The summed E-state index contributed by atoms with van der Waals surface area (Å²) in [5, 5.41) is 22.8. The fourth-order valence-electron chi connectivity index (χ4n) is 5.01. The lowest BCUT2D eigenvalue weighted by Crippen LogP contribution is -2.24. The first-order valence-electron chi connectivity index (χ1n) is 14.4.